The minimum atomic E-state index is -0.120. The highest BCUT2D eigenvalue weighted by molar-refractivity contribution is 6.34. The van der Waals surface area contributed by atoms with Gasteiger partial charge in [-0.3, -0.25) is 0 Å². The first-order valence-corrected chi connectivity index (χ1v) is 7.21. The van der Waals surface area contributed by atoms with E-state index in [0.29, 0.717) is 21.7 Å². The number of halogens is 2. The lowest BCUT2D eigenvalue weighted by Crippen LogP contribution is -2.23. The largest absolute Gasteiger partial charge is 0.495 e. The number of benzene rings is 1. The van der Waals surface area contributed by atoms with Crippen molar-refractivity contribution in [3.05, 3.63) is 27.7 Å². The quantitative estimate of drug-likeness (QED) is 0.842. The molecule has 0 radical (unpaired) electrons. The second kappa shape index (κ2) is 6.34. The zero-order chi connectivity index (χ0) is 14.8. The molecular weight excluding hydrogens is 281 g/mol. The van der Waals surface area contributed by atoms with Crippen LogP contribution in [0.4, 0.5) is 0 Å². The second-order valence-electron chi connectivity index (χ2n) is 6.12. The molecule has 0 aliphatic heterocycles. The summed E-state index contributed by atoms with van der Waals surface area (Å²) in [5.41, 5.74) is 7.37. The zero-order valence-corrected chi connectivity index (χ0v) is 13.8. The SMILES string of the molecule is COc1cc(Cl)c(C(N)CC(C)C(C)(C)C)cc1Cl. The van der Waals surface area contributed by atoms with Crippen LogP contribution in [-0.2, 0) is 0 Å². The summed E-state index contributed by atoms with van der Waals surface area (Å²) in [7, 11) is 1.57. The van der Waals surface area contributed by atoms with Crippen molar-refractivity contribution >= 4 is 23.2 Å². The van der Waals surface area contributed by atoms with Gasteiger partial charge in [0, 0.05) is 17.1 Å². The maximum Gasteiger partial charge on any atom is 0.138 e. The van der Waals surface area contributed by atoms with Crippen molar-refractivity contribution in [2.75, 3.05) is 7.11 Å². The third-order valence-corrected chi connectivity index (χ3v) is 4.38. The van der Waals surface area contributed by atoms with Gasteiger partial charge in [-0.1, -0.05) is 50.9 Å². The van der Waals surface area contributed by atoms with Crippen LogP contribution in [0.3, 0.4) is 0 Å². The Labute approximate surface area is 126 Å². The molecule has 4 heteroatoms. The normalized spacial score (nSPS) is 15.2. The van der Waals surface area contributed by atoms with E-state index in [4.69, 9.17) is 33.7 Å². The molecule has 0 aliphatic rings. The molecule has 0 bridgehead atoms. The molecule has 2 nitrogen and oxygen atoms in total. The molecule has 0 saturated carbocycles. The fourth-order valence-electron chi connectivity index (χ4n) is 1.85. The van der Waals surface area contributed by atoms with Crippen molar-refractivity contribution in [2.24, 2.45) is 17.1 Å². The van der Waals surface area contributed by atoms with Gasteiger partial charge in [0.1, 0.15) is 5.75 Å². The minimum absolute atomic E-state index is 0.120. The molecule has 2 unspecified atom stereocenters. The summed E-state index contributed by atoms with van der Waals surface area (Å²) in [5, 5.41) is 1.15. The van der Waals surface area contributed by atoms with Crippen LogP contribution in [0.5, 0.6) is 5.75 Å². The Balaban J connectivity index is 2.94. The predicted molar refractivity (Wildman–Crippen MR) is 83.2 cm³/mol. The van der Waals surface area contributed by atoms with E-state index in [9.17, 15) is 0 Å². The Morgan fingerprint density at radius 2 is 1.79 bits per heavy atom. The average molecular weight is 304 g/mol. The van der Waals surface area contributed by atoms with Crippen LogP contribution < -0.4 is 10.5 Å². The zero-order valence-electron chi connectivity index (χ0n) is 12.3. The van der Waals surface area contributed by atoms with Crippen LogP contribution in [-0.4, -0.2) is 7.11 Å². The molecule has 1 rings (SSSR count). The molecule has 2 atom stereocenters. The van der Waals surface area contributed by atoms with Crippen LogP contribution >= 0.6 is 23.2 Å². The van der Waals surface area contributed by atoms with E-state index in [1.54, 1.807) is 13.2 Å². The monoisotopic (exact) mass is 303 g/mol. The first-order chi connectivity index (χ1) is 8.66. The first kappa shape index (κ1) is 16.6. The third kappa shape index (κ3) is 4.27. The molecule has 0 fully saturated rings. The van der Waals surface area contributed by atoms with Crippen molar-refractivity contribution in [2.45, 2.75) is 40.2 Å². The number of rotatable bonds is 4. The first-order valence-electron chi connectivity index (χ1n) is 6.45. The highest BCUT2D eigenvalue weighted by Gasteiger charge is 2.24. The fraction of sp³-hybridized carbons (Fsp3) is 0.600. The lowest BCUT2D eigenvalue weighted by Gasteiger charge is -2.30. The van der Waals surface area contributed by atoms with E-state index in [2.05, 4.69) is 27.7 Å². The Kier molecular flexibility index (Phi) is 5.54. The molecule has 0 aliphatic carbocycles. The molecule has 0 spiro atoms. The molecule has 0 amide bonds. The highest BCUT2D eigenvalue weighted by atomic mass is 35.5. The molecule has 108 valence electrons. The van der Waals surface area contributed by atoms with Crippen molar-refractivity contribution < 1.29 is 4.74 Å². The van der Waals surface area contributed by atoms with Crippen LogP contribution in [0.25, 0.3) is 0 Å². The van der Waals surface area contributed by atoms with E-state index in [-0.39, 0.29) is 11.5 Å². The molecule has 1 aromatic carbocycles. The van der Waals surface area contributed by atoms with Gasteiger partial charge in [0.05, 0.1) is 12.1 Å². The van der Waals surface area contributed by atoms with E-state index in [1.165, 1.54) is 0 Å². The van der Waals surface area contributed by atoms with Crippen LogP contribution in [0.2, 0.25) is 10.0 Å². The highest BCUT2D eigenvalue weighted by Crippen LogP contribution is 2.37. The number of methoxy groups -OCH3 is 1. The smallest absolute Gasteiger partial charge is 0.138 e. The van der Waals surface area contributed by atoms with Gasteiger partial charge in [0.2, 0.25) is 0 Å². The van der Waals surface area contributed by atoms with Gasteiger partial charge in [-0.2, -0.15) is 0 Å². The van der Waals surface area contributed by atoms with Gasteiger partial charge in [-0.25, -0.2) is 0 Å². The Bertz CT molecular complexity index is 441. The fourth-order valence-corrected chi connectivity index (χ4v) is 2.39. The van der Waals surface area contributed by atoms with Crippen LogP contribution in [0.15, 0.2) is 12.1 Å². The van der Waals surface area contributed by atoms with Crippen molar-refractivity contribution in [1.82, 2.24) is 0 Å². The van der Waals surface area contributed by atoms with Gasteiger partial charge in [-0.05, 0) is 29.4 Å². The molecule has 0 heterocycles. The average Bonchev–Trinajstić information content (AvgIpc) is 2.30. The summed E-state index contributed by atoms with van der Waals surface area (Å²) >= 11 is 12.4. The maximum absolute atomic E-state index is 6.27. The van der Waals surface area contributed by atoms with Gasteiger partial charge < -0.3 is 10.5 Å². The van der Waals surface area contributed by atoms with Gasteiger partial charge in [0.25, 0.3) is 0 Å². The van der Waals surface area contributed by atoms with E-state index in [1.807, 2.05) is 6.07 Å². The molecule has 2 N–H and O–H groups in total. The lowest BCUT2D eigenvalue weighted by molar-refractivity contribution is 0.234. The second-order valence-corrected chi connectivity index (χ2v) is 6.93. The lowest BCUT2D eigenvalue weighted by atomic mass is 9.78. The van der Waals surface area contributed by atoms with E-state index >= 15 is 0 Å². The Hall–Kier alpha value is -0.440. The summed E-state index contributed by atoms with van der Waals surface area (Å²) in [6.07, 6.45) is 0.867. The molecule has 0 saturated heterocycles. The number of ether oxygens (including phenoxy) is 1. The van der Waals surface area contributed by atoms with E-state index in [0.717, 1.165) is 12.0 Å². The van der Waals surface area contributed by atoms with Gasteiger partial charge >= 0.3 is 0 Å². The Morgan fingerprint density at radius 3 is 2.26 bits per heavy atom. The summed E-state index contributed by atoms with van der Waals surface area (Å²) in [4.78, 5) is 0. The van der Waals surface area contributed by atoms with Crippen molar-refractivity contribution in [3.8, 4) is 5.75 Å². The molecular formula is C15H23Cl2NO. The standard InChI is InChI=1S/C15H23Cl2NO/c1-9(15(2,3)4)6-13(18)10-7-12(17)14(19-5)8-11(10)16/h7-9,13H,6,18H2,1-5H3. The maximum atomic E-state index is 6.27. The van der Waals surface area contributed by atoms with Crippen molar-refractivity contribution in [1.29, 1.82) is 0 Å². The number of nitrogens with two attached hydrogens (primary N) is 1. The summed E-state index contributed by atoms with van der Waals surface area (Å²) in [5.74, 6) is 1.06. The molecule has 1 aromatic rings. The number of hydrogen-bond acceptors (Lipinski definition) is 2. The molecule has 0 aromatic heterocycles. The minimum Gasteiger partial charge on any atom is -0.495 e. The number of hydrogen-bond donors (Lipinski definition) is 1. The summed E-state index contributed by atoms with van der Waals surface area (Å²) in [6, 6.07) is 3.41. The van der Waals surface area contributed by atoms with Crippen LogP contribution in [0, 0.1) is 11.3 Å². The van der Waals surface area contributed by atoms with Gasteiger partial charge in [-0.15, -0.1) is 0 Å². The van der Waals surface area contributed by atoms with E-state index < -0.39 is 0 Å². The summed E-state index contributed by atoms with van der Waals surface area (Å²) < 4.78 is 5.14. The third-order valence-electron chi connectivity index (χ3n) is 3.76. The van der Waals surface area contributed by atoms with Crippen molar-refractivity contribution in [3.63, 3.8) is 0 Å². The topological polar surface area (TPSA) is 35.2 Å². The molecule has 19 heavy (non-hydrogen) atoms. The Morgan fingerprint density at radius 1 is 1.21 bits per heavy atom. The van der Waals surface area contributed by atoms with Crippen LogP contribution in [0.1, 0.15) is 45.7 Å². The van der Waals surface area contributed by atoms with Gasteiger partial charge in [0.15, 0.2) is 0 Å². The summed E-state index contributed by atoms with van der Waals surface area (Å²) in [6.45, 7) is 8.85. The predicted octanol–water partition coefficient (Wildman–Crippen LogP) is 5.07.